The Morgan fingerprint density at radius 1 is 1.47 bits per heavy atom. The predicted molar refractivity (Wildman–Crippen MR) is 84.9 cm³/mol. The number of benzene rings is 1. The molecular formula is C13H11BrFIN2O. The van der Waals surface area contributed by atoms with E-state index in [2.05, 4.69) is 21.2 Å². The summed E-state index contributed by atoms with van der Waals surface area (Å²) >= 11 is 5.34. The average molecular weight is 437 g/mol. The molecule has 6 heteroatoms. The first kappa shape index (κ1) is 14.5. The summed E-state index contributed by atoms with van der Waals surface area (Å²) in [6.07, 6.45) is 1.85. The van der Waals surface area contributed by atoms with Crippen molar-refractivity contribution in [2.45, 2.75) is 13.5 Å². The SMILES string of the molecule is CCn1cc(Br)cc1C(=O)Nc1ccc(F)cc1I. The number of hydrogen-bond donors (Lipinski definition) is 1. The molecule has 0 atom stereocenters. The van der Waals surface area contributed by atoms with Crippen LogP contribution in [0.5, 0.6) is 0 Å². The number of aromatic nitrogens is 1. The van der Waals surface area contributed by atoms with E-state index in [9.17, 15) is 9.18 Å². The first-order chi connectivity index (χ1) is 9.01. The molecular weight excluding hydrogens is 426 g/mol. The van der Waals surface area contributed by atoms with E-state index in [1.165, 1.54) is 12.1 Å². The van der Waals surface area contributed by atoms with Gasteiger partial charge < -0.3 is 9.88 Å². The Hall–Kier alpha value is -0.890. The minimum atomic E-state index is -0.318. The maximum absolute atomic E-state index is 13.0. The molecule has 1 N–H and O–H groups in total. The minimum Gasteiger partial charge on any atom is -0.343 e. The molecule has 0 saturated carbocycles. The third kappa shape index (κ3) is 3.36. The molecule has 0 aliphatic rings. The zero-order valence-electron chi connectivity index (χ0n) is 10.1. The Bertz CT molecular complexity index is 627. The zero-order chi connectivity index (χ0) is 14.0. The van der Waals surface area contributed by atoms with Crippen molar-refractivity contribution in [2.24, 2.45) is 0 Å². The Morgan fingerprint density at radius 3 is 2.84 bits per heavy atom. The van der Waals surface area contributed by atoms with Crippen LogP contribution in [0.3, 0.4) is 0 Å². The quantitative estimate of drug-likeness (QED) is 0.716. The Morgan fingerprint density at radius 2 is 2.21 bits per heavy atom. The third-order valence-corrected chi connectivity index (χ3v) is 3.94. The van der Waals surface area contributed by atoms with E-state index in [1.807, 2.05) is 40.3 Å². The molecule has 0 aliphatic heterocycles. The first-order valence-electron chi connectivity index (χ1n) is 5.63. The van der Waals surface area contributed by atoms with Crippen LogP contribution in [0.25, 0.3) is 0 Å². The fourth-order valence-corrected chi connectivity index (χ4v) is 2.78. The lowest BCUT2D eigenvalue weighted by Gasteiger charge is -2.09. The van der Waals surface area contributed by atoms with Crippen molar-refractivity contribution in [1.82, 2.24) is 4.57 Å². The Balaban J connectivity index is 2.25. The molecule has 1 heterocycles. The lowest BCUT2D eigenvalue weighted by Crippen LogP contribution is -2.17. The smallest absolute Gasteiger partial charge is 0.272 e. The normalized spacial score (nSPS) is 10.5. The molecule has 0 spiro atoms. The minimum absolute atomic E-state index is 0.211. The van der Waals surface area contributed by atoms with Crippen molar-refractivity contribution in [3.8, 4) is 0 Å². The summed E-state index contributed by atoms with van der Waals surface area (Å²) in [6, 6.07) is 6.02. The van der Waals surface area contributed by atoms with E-state index in [0.717, 1.165) is 4.47 Å². The number of carbonyl (C=O) groups is 1. The summed E-state index contributed by atoms with van der Waals surface area (Å²) in [5.41, 5.74) is 1.17. The summed E-state index contributed by atoms with van der Waals surface area (Å²) in [7, 11) is 0. The largest absolute Gasteiger partial charge is 0.343 e. The molecule has 0 fully saturated rings. The molecule has 3 nitrogen and oxygen atoms in total. The van der Waals surface area contributed by atoms with E-state index in [1.54, 1.807) is 12.1 Å². The molecule has 0 saturated heterocycles. The van der Waals surface area contributed by atoms with Gasteiger partial charge in [0.25, 0.3) is 5.91 Å². The molecule has 19 heavy (non-hydrogen) atoms. The number of carbonyl (C=O) groups excluding carboxylic acids is 1. The summed E-state index contributed by atoms with van der Waals surface area (Å²) in [4.78, 5) is 12.2. The lowest BCUT2D eigenvalue weighted by atomic mass is 10.3. The van der Waals surface area contributed by atoms with Crippen molar-refractivity contribution in [1.29, 1.82) is 0 Å². The maximum Gasteiger partial charge on any atom is 0.272 e. The molecule has 0 radical (unpaired) electrons. The highest BCUT2D eigenvalue weighted by molar-refractivity contribution is 14.1. The fourth-order valence-electron chi connectivity index (χ4n) is 1.70. The van der Waals surface area contributed by atoms with Gasteiger partial charge in [-0.15, -0.1) is 0 Å². The van der Waals surface area contributed by atoms with Gasteiger partial charge in [-0.25, -0.2) is 4.39 Å². The summed E-state index contributed by atoms with van der Waals surface area (Å²) in [5, 5.41) is 2.79. The molecule has 2 rings (SSSR count). The van der Waals surface area contributed by atoms with E-state index in [0.29, 0.717) is 21.5 Å². The van der Waals surface area contributed by atoms with Crippen LogP contribution >= 0.6 is 38.5 Å². The summed E-state index contributed by atoms with van der Waals surface area (Å²) in [6.45, 7) is 2.67. The van der Waals surface area contributed by atoms with Gasteiger partial charge in [0.05, 0.1) is 5.69 Å². The van der Waals surface area contributed by atoms with Gasteiger partial charge in [-0.3, -0.25) is 4.79 Å². The van der Waals surface area contributed by atoms with Gasteiger partial charge >= 0.3 is 0 Å². The lowest BCUT2D eigenvalue weighted by molar-refractivity contribution is 0.101. The summed E-state index contributed by atoms with van der Waals surface area (Å²) in [5.74, 6) is -0.529. The number of anilines is 1. The van der Waals surface area contributed by atoms with Gasteiger partial charge in [0.15, 0.2) is 0 Å². The van der Waals surface area contributed by atoms with Crippen molar-refractivity contribution in [3.63, 3.8) is 0 Å². The number of hydrogen-bond acceptors (Lipinski definition) is 1. The standard InChI is InChI=1S/C13H11BrFIN2O/c1-2-18-7-8(14)5-12(18)13(19)17-11-4-3-9(15)6-10(11)16/h3-7H,2H2,1H3,(H,17,19). The zero-order valence-corrected chi connectivity index (χ0v) is 13.8. The predicted octanol–water partition coefficient (Wildman–Crippen LogP) is 4.27. The molecule has 1 aromatic carbocycles. The van der Waals surface area contributed by atoms with Crippen LogP contribution in [-0.2, 0) is 6.54 Å². The average Bonchev–Trinajstić information content (AvgIpc) is 2.74. The van der Waals surface area contributed by atoms with Crippen molar-refractivity contribution < 1.29 is 9.18 Å². The molecule has 2 aromatic rings. The number of nitrogens with zero attached hydrogens (tertiary/aromatic N) is 1. The molecule has 1 aromatic heterocycles. The summed E-state index contributed by atoms with van der Waals surface area (Å²) < 4.78 is 16.4. The number of rotatable bonds is 3. The Labute approximate surface area is 132 Å². The van der Waals surface area contributed by atoms with Crippen LogP contribution in [0, 0.1) is 9.39 Å². The molecule has 0 bridgehead atoms. The van der Waals surface area contributed by atoms with Crippen LogP contribution in [0.4, 0.5) is 10.1 Å². The monoisotopic (exact) mass is 436 g/mol. The van der Waals surface area contributed by atoms with Crippen LogP contribution in [-0.4, -0.2) is 10.5 Å². The molecule has 0 unspecified atom stereocenters. The van der Waals surface area contributed by atoms with Gasteiger partial charge in [0, 0.05) is 20.8 Å². The Kier molecular flexibility index (Phi) is 4.62. The molecule has 1 amide bonds. The van der Waals surface area contributed by atoms with Crippen molar-refractivity contribution in [2.75, 3.05) is 5.32 Å². The number of aryl methyl sites for hydroxylation is 1. The fraction of sp³-hybridized carbons (Fsp3) is 0.154. The number of amides is 1. The first-order valence-corrected chi connectivity index (χ1v) is 7.50. The van der Waals surface area contributed by atoms with Gasteiger partial charge in [-0.1, -0.05) is 0 Å². The maximum atomic E-state index is 13.0. The van der Waals surface area contributed by atoms with Crippen molar-refractivity contribution >= 4 is 50.1 Å². The van der Waals surface area contributed by atoms with Crippen molar-refractivity contribution in [3.05, 3.63) is 50.0 Å². The highest BCUT2D eigenvalue weighted by Crippen LogP contribution is 2.21. The highest BCUT2D eigenvalue weighted by Gasteiger charge is 2.13. The third-order valence-electron chi connectivity index (χ3n) is 2.62. The van der Waals surface area contributed by atoms with E-state index >= 15 is 0 Å². The van der Waals surface area contributed by atoms with Gasteiger partial charge in [-0.2, -0.15) is 0 Å². The second-order valence-electron chi connectivity index (χ2n) is 3.91. The van der Waals surface area contributed by atoms with Crippen LogP contribution in [0.15, 0.2) is 34.9 Å². The van der Waals surface area contributed by atoms with E-state index in [4.69, 9.17) is 0 Å². The van der Waals surface area contributed by atoms with Crippen LogP contribution in [0.2, 0.25) is 0 Å². The second kappa shape index (κ2) is 6.04. The second-order valence-corrected chi connectivity index (χ2v) is 5.99. The van der Waals surface area contributed by atoms with E-state index in [-0.39, 0.29) is 11.7 Å². The van der Waals surface area contributed by atoms with Gasteiger partial charge in [-0.05, 0) is 69.7 Å². The van der Waals surface area contributed by atoms with Crippen LogP contribution in [0.1, 0.15) is 17.4 Å². The number of halogens is 3. The van der Waals surface area contributed by atoms with Crippen LogP contribution < -0.4 is 5.32 Å². The highest BCUT2D eigenvalue weighted by atomic mass is 127. The topological polar surface area (TPSA) is 34.0 Å². The van der Waals surface area contributed by atoms with Gasteiger partial charge in [0.2, 0.25) is 0 Å². The van der Waals surface area contributed by atoms with Gasteiger partial charge in [0.1, 0.15) is 11.5 Å². The number of nitrogens with one attached hydrogen (secondary N) is 1. The molecule has 0 aliphatic carbocycles. The van der Waals surface area contributed by atoms with E-state index < -0.39 is 0 Å². The molecule has 100 valence electrons.